The summed E-state index contributed by atoms with van der Waals surface area (Å²) in [5.74, 6) is -1.09. The first kappa shape index (κ1) is 26.5. The molecule has 6 heteroatoms. The van der Waals surface area contributed by atoms with Gasteiger partial charge in [0.15, 0.2) is 0 Å². The minimum absolute atomic E-state index is 0.0375. The van der Waals surface area contributed by atoms with Crippen LogP contribution in [0.25, 0.3) is 5.76 Å². The van der Waals surface area contributed by atoms with E-state index in [9.17, 15) is 14.7 Å². The Labute approximate surface area is 223 Å². The summed E-state index contributed by atoms with van der Waals surface area (Å²) in [7, 11) is 0. The van der Waals surface area contributed by atoms with Crippen LogP contribution in [-0.4, -0.2) is 23.4 Å². The van der Waals surface area contributed by atoms with Gasteiger partial charge in [-0.25, -0.2) is 0 Å². The topological polar surface area (TPSA) is 66.8 Å². The molecule has 3 aromatic rings. The highest BCUT2D eigenvalue weighted by Gasteiger charge is 2.47. The maximum absolute atomic E-state index is 13.5. The molecule has 1 aliphatic rings. The molecule has 0 aliphatic carbocycles. The Hall–Kier alpha value is -3.57. The standard InChI is InChI=1S/C31H32ClNO4/c1-6-16-37-24-9-7-8-21(18-24)28(34)26-27(20-10-12-22(13-11-20)31(3,4)5)33(30(36)29(26)35)25-15-14-23(32)17-19(25)2/h7-15,17-18,27,34H,6,16H2,1-5H3/b28-26+. The molecule has 1 fully saturated rings. The van der Waals surface area contributed by atoms with E-state index < -0.39 is 17.7 Å². The lowest BCUT2D eigenvalue weighted by atomic mass is 9.85. The van der Waals surface area contributed by atoms with Crippen molar-refractivity contribution in [2.75, 3.05) is 11.5 Å². The van der Waals surface area contributed by atoms with E-state index in [4.69, 9.17) is 16.3 Å². The van der Waals surface area contributed by atoms with Crippen molar-refractivity contribution in [2.45, 2.75) is 52.5 Å². The van der Waals surface area contributed by atoms with Crippen molar-refractivity contribution in [1.82, 2.24) is 0 Å². The molecule has 5 nitrogen and oxygen atoms in total. The Morgan fingerprint density at radius 3 is 2.35 bits per heavy atom. The van der Waals surface area contributed by atoms with Crippen LogP contribution in [0, 0.1) is 6.92 Å². The van der Waals surface area contributed by atoms with E-state index in [1.165, 1.54) is 4.90 Å². The number of carbonyl (C=O) groups is 2. The Bertz CT molecular complexity index is 1370. The monoisotopic (exact) mass is 517 g/mol. The number of aliphatic hydroxyl groups excluding tert-OH is 1. The number of hydrogen-bond acceptors (Lipinski definition) is 4. The third kappa shape index (κ3) is 5.28. The molecule has 0 saturated carbocycles. The molecule has 3 aromatic carbocycles. The zero-order valence-corrected chi connectivity index (χ0v) is 22.6. The molecular weight excluding hydrogens is 486 g/mol. The SMILES string of the molecule is CCCOc1cccc(/C(O)=C2\C(=O)C(=O)N(c3ccc(Cl)cc3C)C2c2ccc(C(C)(C)C)cc2)c1. The summed E-state index contributed by atoms with van der Waals surface area (Å²) in [5.41, 5.74) is 3.55. The fourth-order valence-electron chi connectivity index (χ4n) is 4.56. The third-order valence-electron chi connectivity index (χ3n) is 6.54. The summed E-state index contributed by atoms with van der Waals surface area (Å²) in [6.07, 6.45) is 0.840. The second kappa shape index (κ2) is 10.4. The van der Waals surface area contributed by atoms with Gasteiger partial charge in [-0.15, -0.1) is 0 Å². The second-order valence-electron chi connectivity index (χ2n) is 10.3. The van der Waals surface area contributed by atoms with Gasteiger partial charge in [-0.05, 0) is 65.8 Å². The number of anilines is 1. The molecule has 192 valence electrons. The lowest BCUT2D eigenvalue weighted by Crippen LogP contribution is -2.30. The van der Waals surface area contributed by atoms with Crippen LogP contribution in [0.4, 0.5) is 5.69 Å². The quantitative estimate of drug-likeness (QED) is 0.211. The second-order valence-corrected chi connectivity index (χ2v) is 10.8. The number of benzene rings is 3. The van der Waals surface area contributed by atoms with Gasteiger partial charge in [-0.2, -0.15) is 0 Å². The van der Waals surface area contributed by atoms with Crippen LogP contribution < -0.4 is 9.64 Å². The van der Waals surface area contributed by atoms with Crippen molar-refractivity contribution >= 4 is 34.7 Å². The van der Waals surface area contributed by atoms with Gasteiger partial charge >= 0.3 is 0 Å². The fraction of sp³-hybridized carbons (Fsp3) is 0.290. The molecule has 0 aromatic heterocycles. The maximum atomic E-state index is 13.5. The largest absolute Gasteiger partial charge is 0.507 e. The number of rotatable bonds is 6. The number of ketones is 1. The summed E-state index contributed by atoms with van der Waals surface area (Å²) in [6.45, 7) is 10.8. The number of carbonyl (C=O) groups excluding carboxylic acids is 2. The van der Waals surface area contributed by atoms with Crippen LogP contribution in [0.15, 0.2) is 72.3 Å². The number of hydrogen-bond donors (Lipinski definition) is 1. The van der Waals surface area contributed by atoms with E-state index in [1.807, 2.05) is 38.1 Å². The van der Waals surface area contributed by atoms with Crippen LogP contribution in [0.5, 0.6) is 5.75 Å². The average molecular weight is 518 g/mol. The number of amides is 1. The van der Waals surface area contributed by atoms with Crippen molar-refractivity contribution < 1.29 is 19.4 Å². The van der Waals surface area contributed by atoms with Crippen LogP contribution in [0.1, 0.15) is 62.4 Å². The van der Waals surface area contributed by atoms with Crippen molar-refractivity contribution in [3.8, 4) is 5.75 Å². The first-order valence-electron chi connectivity index (χ1n) is 12.4. The summed E-state index contributed by atoms with van der Waals surface area (Å²) < 4.78 is 5.72. The van der Waals surface area contributed by atoms with Crippen LogP contribution in [0.3, 0.4) is 0 Å². The Balaban J connectivity index is 1.91. The normalized spacial score (nSPS) is 17.4. The summed E-state index contributed by atoms with van der Waals surface area (Å²) >= 11 is 6.18. The van der Waals surface area contributed by atoms with Gasteiger partial charge in [0.05, 0.1) is 18.2 Å². The molecular formula is C31H32ClNO4. The lowest BCUT2D eigenvalue weighted by molar-refractivity contribution is -0.132. The Morgan fingerprint density at radius 1 is 1.03 bits per heavy atom. The summed E-state index contributed by atoms with van der Waals surface area (Å²) in [4.78, 5) is 28.4. The van der Waals surface area contributed by atoms with Crippen molar-refractivity contribution in [3.05, 3.63) is 99.6 Å². The predicted octanol–water partition coefficient (Wildman–Crippen LogP) is 7.36. The molecule has 1 atom stereocenters. The number of aryl methyl sites for hydroxylation is 1. The zero-order valence-electron chi connectivity index (χ0n) is 21.8. The lowest BCUT2D eigenvalue weighted by Gasteiger charge is -2.28. The Kier molecular flexibility index (Phi) is 7.47. The number of halogens is 1. The third-order valence-corrected chi connectivity index (χ3v) is 6.77. The zero-order chi connectivity index (χ0) is 26.9. The van der Waals surface area contributed by atoms with E-state index in [1.54, 1.807) is 42.5 Å². The molecule has 1 saturated heterocycles. The summed E-state index contributed by atoms with van der Waals surface area (Å²) in [6, 6.07) is 19.2. The molecule has 1 heterocycles. The van der Waals surface area contributed by atoms with E-state index in [0.29, 0.717) is 28.6 Å². The fourth-order valence-corrected chi connectivity index (χ4v) is 4.79. The average Bonchev–Trinajstić information content (AvgIpc) is 3.12. The molecule has 1 amide bonds. The smallest absolute Gasteiger partial charge is 0.300 e. The number of aliphatic hydroxyl groups is 1. The Morgan fingerprint density at radius 2 is 1.73 bits per heavy atom. The van der Waals surface area contributed by atoms with E-state index in [0.717, 1.165) is 23.1 Å². The van der Waals surface area contributed by atoms with Gasteiger partial charge in [-0.3, -0.25) is 14.5 Å². The first-order chi connectivity index (χ1) is 17.5. The molecule has 1 N–H and O–H groups in total. The molecule has 0 spiro atoms. The highest BCUT2D eigenvalue weighted by molar-refractivity contribution is 6.51. The van der Waals surface area contributed by atoms with Crippen molar-refractivity contribution in [1.29, 1.82) is 0 Å². The summed E-state index contributed by atoms with van der Waals surface area (Å²) in [5, 5.41) is 12.0. The van der Waals surface area contributed by atoms with Crippen LogP contribution in [0.2, 0.25) is 5.02 Å². The van der Waals surface area contributed by atoms with Gasteiger partial charge in [-0.1, -0.05) is 75.7 Å². The number of Topliss-reactive ketones (excluding diaryl/α,β-unsaturated/α-hetero) is 1. The number of ether oxygens (including phenoxy) is 1. The highest BCUT2D eigenvalue weighted by atomic mass is 35.5. The van der Waals surface area contributed by atoms with Gasteiger partial charge in [0.25, 0.3) is 11.7 Å². The molecule has 0 bridgehead atoms. The van der Waals surface area contributed by atoms with Crippen LogP contribution in [-0.2, 0) is 15.0 Å². The molecule has 0 radical (unpaired) electrons. The minimum atomic E-state index is -0.811. The van der Waals surface area contributed by atoms with Gasteiger partial charge in [0, 0.05) is 16.3 Å². The van der Waals surface area contributed by atoms with Gasteiger partial charge < -0.3 is 9.84 Å². The molecule has 1 aliphatic heterocycles. The minimum Gasteiger partial charge on any atom is -0.507 e. The van der Waals surface area contributed by atoms with Crippen LogP contribution >= 0.6 is 11.6 Å². The highest BCUT2D eigenvalue weighted by Crippen LogP contribution is 2.44. The van der Waals surface area contributed by atoms with E-state index in [-0.39, 0.29) is 16.7 Å². The van der Waals surface area contributed by atoms with E-state index >= 15 is 0 Å². The first-order valence-corrected chi connectivity index (χ1v) is 12.8. The predicted molar refractivity (Wildman–Crippen MR) is 148 cm³/mol. The van der Waals surface area contributed by atoms with E-state index in [2.05, 4.69) is 20.8 Å². The number of nitrogens with zero attached hydrogens (tertiary/aromatic N) is 1. The molecule has 1 unspecified atom stereocenters. The van der Waals surface area contributed by atoms with Gasteiger partial charge in [0.2, 0.25) is 0 Å². The van der Waals surface area contributed by atoms with Gasteiger partial charge in [0.1, 0.15) is 11.5 Å². The van der Waals surface area contributed by atoms with Crippen molar-refractivity contribution in [2.24, 2.45) is 0 Å². The molecule has 37 heavy (non-hydrogen) atoms. The maximum Gasteiger partial charge on any atom is 0.300 e. The van der Waals surface area contributed by atoms with Crippen molar-refractivity contribution in [3.63, 3.8) is 0 Å². The molecule has 4 rings (SSSR count).